The molecular weight excluding hydrogens is 566 g/mol. The second-order valence-corrected chi connectivity index (χ2v) is 16.6. The molecule has 0 radical (unpaired) electrons. The van der Waals surface area contributed by atoms with E-state index in [1.165, 1.54) is 16.0 Å². The summed E-state index contributed by atoms with van der Waals surface area (Å²) in [6.45, 7) is 8.71. The Balaban J connectivity index is 1.68. The fraction of sp³-hybridized carbons (Fsp3) is 0.536. The van der Waals surface area contributed by atoms with Gasteiger partial charge in [-0.3, -0.25) is 14.3 Å². The van der Waals surface area contributed by atoms with Crippen LogP contribution in [0.25, 0.3) is 0 Å². The molecule has 38 heavy (non-hydrogen) atoms. The van der Waals surface area contributed by atoms with Gasteiger partial charge in [0.1, 0.15) is 18.4 Å². The summed E-state index contributed by atoms with van der Waals surface area (Å²) in [5.41, 5.74) is -0.168. The first-order chi connectivity index (χ1) is 18.1. The normalized spacial score (nSPS) is 26.0. The summed E-state index contributed by atoms with van der Waals surface area (Å²) in [7, 11) is -2.63. The van der Waals surface area contributed by atoms with Gasteiger partial charge in [0.05, 0.1) is 12.7 Å². The van der Waals surface area contributed by atoms with E-state index in [2.05, 4.69) is 84.2 Å². The van der Waals surface area contributed by atoms with E-state index in [9.17, 15) is 14.9 Å². The molecule has 1 N–H and O–H groups in total. The van der Waals surface area contributed by atoms with Crippen LogP contribution in [0.4, 0.5) is 0 Å². The van der Waals surface area contributed by atoms with Crippen molar-refractivity contribution < 1.29 is 13.9 Å². The monoisotopic (exact) mass is 601 g/mol. The van der Waals surface area contributed by atoms with E-state index in [-0.39, 0.29) is 11.6 Å². The van der Waals surface area contributed by atoms with Crippen LogP contribution in [0.15, 0.2) is 58.3 Å². The van der Waals surface area contributed by atoms with Gasteiger partial charge >= 0.3 is 5.69 Å². The van der Waals surface area contributed by atoms with Gasteiger partial charge in [0, 0.05) is 18.2 Å². The van der Waals surface area contributed by atoms with E-state index in [4.69, 9.17) is 13.9 Å². The number of aryl methyl sites for hydroxylation is 1. The van der Waals surface area contributed by atoms with Crippen LogP contribution >= 0.6 is 15.9 Å². The molecule has 1 aliphatic carbocycles. The van der Waals surface area contributed by atoms with Gasteiger partial charge in [-0.15, -0.1) is 0 Å². The van der Waals surface area contributed by atoms with Crippen LogP contribution in [0.5, 0.6) is 0 Å². The molecule has 0 bridgehead atoms. The average molecular weight is 603 g/mol. The third-order valence-electron chi connectivity index (χ3n) is 7.67. The van der Waals surface area contributed by atoms with E-state index < -0.39 is 43.0 Å². The number of hydrogen-bond acceptors (Lipinski definition) is 6. The maximum absolute atomic E-state index is 12.6. The molecule has 4 rings (SSSR count). The number of hydrogen-bond donors (Lipinski definition) is 1. The number of rotatable bonds is 8. The van der Waals surface area contributed by atoms with Crippen molar-refractivity contribution in [2.24, 2.45) is 0 Å². The van der Waals surface area contributed by atoms with Crippen LogP contribution in [0.3, 0.4) is 0 Å². The van der Waals surface area contributed by atoms with Crippen molar-refractivity contribution in [2.45, 2.75) is 87.4 Å². The first kappa shape index (κ1) is 28.7. The number of aromatic amines is 1. The lowest BCUT2D eigenvalue weighted by Crippen LogP contribution is -2.62. The fourth-order valence-electron chi connectivity index (χ4n) is 5.91. The van der Waals surface area contributed by atoms with Crippen molar-refractivity contribution in [1.82, 2.24) is 9.55 Å². The Kier molecular flexibility index (Phi) is 8.95. The lowest BCUT2D eigenvalue weighted by atomic mass is 10.1. The highest BCUT2D eigenvalue weighted by Gasteiger charge is 2.54. The van der Waals surface area contributed by atoms with Crippen LogP contribution in [-0.2, 0) is 13.9 Å². The van der Waals surface area contributed by atoms with Gasteiger partial charge in [0.2, 0.25) is 8.32 Å². The molecule has 1 aromatic heterocycles. The molecule has 0 saturated carbocycles. The zero-order valence-corrected chi connectivity index (χ0v) is 24.9. The summed E-state index contributed by atoms with van der Waals surface area (Å²) >= 11 is 3.25. The van der Waals surface area contributed by atoms with E-state index >= 15 is 0 Å². The van der Waals surface area contributed by atoms with E-state index in [1.54, 1.807) is 6.92 Å². The van der Waals surface area contributed by atoms with Crippen LogP contribution in [0.2, 0.25) is 10.6 Å². The third-order valence-corrected chi connectivity index (χ3v) is 13.8. The highest BCUT2D eigenvalue weighted by Crippen LogP contribution is 2.49. The number of nitrogens with one attached hydrogen (secondary N) is 1. The van der Waals surface area contributed by atoms with Gasteiger partial charge in [-0.25, -0.2) is 4.79 Å². The Hall–Kier alpha value is -2.29. The number of nitrogens with zero attached hydrogens (tertiary/aromatic N) is 2. The second-order valence-electron chi connectivity index (χ2n) is 11.1. The van der Waals surface area contributed by atoms with Gasteiger partial charge in [-0.1, -0.05) is 63.3 Å². The minimum Gasteiger partial charge on any atom is -0.409 e. The van der Waals surface area contributed by atoms with Crippen molar-refractivity contribution in [1.29, 1.82) is 5.26 Å². The molecular formula is C28H36BrN3O5Si. The molecule has 204 valence electrons. The maximum Gasteiger partial charge on any atom is 0.330 e. The molecule has 8 nitrogen and oxygen atoms in total. The lowest BCUT2D eigenvalue weighted by molar-refractivity contribution is -0.0584. The topological polar surface area (TPSA) is 106 Å². The third kappa shape index (κ3) is 5.82. The number of alkyl halides is 1. The summed E-state index contributed by atoms with van der Waals surface area (Å²) in [5.74, 6) is 0. The van der Waals surface area contributed by atoms with E-state index in [0.29, 0.717) is 17.5 Å². The molecule has 2 aliphatic rings. The number of halogens is 1. The van der Waals surface area contributed by atoms with Crippen molar-refractivity contribution in [2.75, 3.05) is 6.61 Å². The molecule has 2 heterocycles. The van der Waals surface area contributed by atoms with Crippen molar-refractivity contribution >= 4 is 29.4 Å². The van der Waals surface area contributed by atoms with E-state index in [1.807, 2.05) is 6.07 Å². The van der Waals surface area contributed by atoms with Gasteiger partial charge in [0.25, 0.3) is 5.56 Å². The molecule has 4 unspecified atom stereocenters. The molecule has 1 aromatic carbocycles. The van der Waals surface area contributed by atoms with Crippen LogP contribution in [-0.4, -0.2) is 41.7 Å². The zero-order valence-electron chi connectivity index (χ0n) is 22.4. The Morgan fingerprint density at radius 3 is 2.63 bits per heavy atom. The lowest BCUT2D eigenvalue weighted by Gasteiger charge is -2.48. The highest BCUT2D eigenvalue weighted by atomic mass is 79.9. The molecule has 0 spiro atoms. The molecule has 0 amide bonds. The van der Waals surface area contributed by atoms with Crippen LogP contribution < -0.4 is 16.4 Å². The number of nitriles is 1. The molecule has 10 heteroatoms. The van der Waals surface area contributed by atoms with Crippen molar-refractivity contribution in [3.05, 3.63) is 75.1 Å². The fourth-order valence-corrected chi connectivity index (χ4v) is 11.7. The first-order valence-electron chi connectivity index (χ1n) is 13.1. The zero-order chi connectivity index (χ0) is 27.5. The summed E-state index contributed by atoms with van der Waals surface area (Å²) in [6.07, 6.45) is 7.77. The van der Waals surface area contributed by atoms with Crippen LogP contribution in [0.1, 0.15) is 58.2 Å². The number of H-pyrrole nitrogens is 1. The number of benzene rings is 1. The maximum atomic E-state index is 12.6. The smallest absolute Gasteiger partial charge is 0.330 e. The Bertz CT molecular complexity index is 1300. The predicted octanol–water partition coefficient (Wildman–Crippen LogP) is 4.54. The quantitative estimate of drug-likeness (QED) is 0.270. The van der Waals surface area contributed by atoms with Crippen molar-refractivity contribution in [3.63, 3.8) is 0 Å². The number of aromatic nitrogens is 2. The minimum atomic E-state index is -2.63. The molecule has 6 atom stereocenters. The molecule has 1 aliphatic heterocycles. The summed E-state index contributed by atoms with van der Waals surface area (Å²) < 4.78 is 20.9. The minimum absolute atomic E-state index is 0.115. The Labute approximate surface area is 232 Å². The van der Waals surface area contributed by atoms with Crippen LogP contribution in [0, 0.1) is 18.3 Å². The summed E-state index contributed by atoms with van der Waals surface area (Å²) in [5, 5.41) is 9.68. The number of ether oxygens (including phenoxy) is 2. The molecule has 1 saturated heterocycles. The Morgan fingerprint density at radius 2 is 2.00 bits per heavy atom. The standard InChI is InChI=1S/C28H36BrN3O5Si/c1-19-17-32(27(34)31-26(19)33)25-15-22(36-24(29)16-30)23(37-25)18-35-38(28(2,3)4,20-11-7-5-8-12-20)21-13-9-6-10-14-21/h5-9,11-12,17,21-25H,10,13-15,18H2,1-4H3,(H,31,33,34)/t21?,22?,23-,24?,25-,38?/m1/s1. The SMILES string of the molecule is Cc1cn([C@H]2CC(OC(Br)C#N)[C@@H](CO[Si](c3ccccc3)(C3CC=CCC3)C(C)(C)C)O2)c(=O)[nH]c1=O. The van der Waals surface area contributed by atoms with Gasteiger partial charge in [-0.05, 0) is 57.9 Å². The predicted molar refractivity (Wildman–Crippen MR) is 152 cm³/mol. The second kappa shape index (κ2) is 11.8. The Morgan fingerprint density at radius 1 is 1.26 bits per heavy atom. The molecule has 2 aromatic rings. The summed E-state index contributed by atoms with van der Waals surface area (Å²) in [4.78, 5) is 26.9. The number of allylic oxidation sites excluding steroid dienone is 2. The largest absolute Gasteiger partial charge is 0.409 e. The summed E-state index contributed by atoms with van der Waals surface area (Å²) in [6, 6.07) is 12.6. The van der Waals surface area contributed by atoms with Gasteiger partial charge in [0.15, 0.2) is 5.01 Å². The molecule has 1 fully saturated rings. The first-order valence-corrected chi connectivity index (χ1v) is 16.0. The average Bonchev–Trinajstić information content (AvgIpc) is 3.29. The van der Waals surface area contributed by atoms with E-state index in [0.717, 1.165) is 19.3 Å². The van der Waals surface area contributed by atoms with Gasteiger partial charge in [-0.2, -0.15) is 5.26 Å². The highest BCUT2D eigenvalue weighted by molar-refractivity contribution is 9.09. The van der Waals surface area contributed by atoms with Gasteiger partial charge < -0.3 is 13.9 Å². The van der Waals surface area contributed by atoms with Crippen molar-refractivity contribution in [3.8, 4) is 6.07 Å².